The summed E-state index contributed by atoms with van der Waals surface area (Å²) in [6.45, 7) is 2.26. The molecule has 0 aromatic heterocycles. The first-order valence-corrected chi connectivity index (χ1v) is 9.21. The van der Waals surface area contributed by atoms with Crippen LogP contribution in [0.2, 0.25) is 5.02 Å². The van der Waals surface area contributed by atoms with E-state index in [1.54, 1.807) is 12.1 Å². The van der Waals surface area contributed by atoms with Crippen molar-refractivity contribution >= 4 is 17.6 Å². The highest BCUT2D eigenvalue weighted by atomic mass is 35.5. The molecule has 0 amide bonds. The molecule has 1 fully saturated rings. The van der Waals surface area contributed by atoms with Gasteiger partial charge in [-0.15, -0.1) is 0 Å². The van der Waals surface area contributed by atoms with Crippen LogP contribution in [0, 0.1) is 11.7 Å². The molecular formula is C21H22ClFO2. The fourth-order valence-electron chi connectivity index (χ4n) is 3.50. The van der Waals surface area contributed by atoms with Crippen molar-refractivity contribution in [1.29, 1.82) is 0 Å². The second-order valence-corrected chi connectivity index (χ2v) is 7.12. The van der Waals surface area contributed by atoms with E-state index in [1.807, 2.05) is 12.1 Å². The third kappa shape index (κ3) is 4.40. The second kappa shape index (κ2) is 8.01. The average molecular weight is 361 g/mol. The minimum atomic E-state index is -0.538. The Hall–Kier alpha value is -1.87. The summed E-state index contributed by atoms with van der Waals surface area (Å²) < 4.78 is 18.4. The zero-order valence-corrected chi connectivity index (χ0v) is 15.1. The lowest BCUT2D eigenvalue weighted by Gasteiger charge is -2.28. The number of benzene rings is 2. The highest BCUT2D eigenvalue weighted by Gasteiger charge is 2.21. The number of halogens is 2. The molecule has 0 atom stereocenters. The van der Waals surface area contributed by atoms with Gasteiger partial charge < -0.3 is 4.74 Å². The van der Waals surface area contributed by atoms with E-state index < -0.39 is 11.8 Å². The van der Waals surface area contributed by atoms with Crippen molar-refractivity contribution in [3.63, 3.8) is 0 Å². The Bertz CT molecular complexity index is 734. The largest absolute Gasteiger partial charge is 0.423 e. The van der Waals surface area contributed by atoms with E-state index in [0.717, 1.165) is 5.92 Å². The number of hydrogen-bond acceptors (Lipinski definition) is 2. The molecule has 1 saturated carbocycles. The van der Waals surface area contributed by atoms with E-state index in [1.165, 1.54) is 55.9 Å². The van der Waals surface area contributed by atoms with E-state index in [2.05, 4.69) is 6.92 Å². The van der Waals surface area contributed by atoms with Crippen LogP contribution >= 0.6 is 11.6 Å². The molecule has 132 valence electrons. The van der Waals surface area contributed by atoms with E-state index in [4.69, 9.17) is 16.3 Å². The standard InChI is InChI=1S/C21H22ClFO2/c1-2-14-3-5-15(6-4-14)16-7-9-17(10-8-16)21(24)25-18-11-12-20(23)19(22)13-18/h7-15H,2-6H2,1H3. The van der Waals surface area contributed by atoms with Gasteiger partial charge in [-0.2, -0.15) is 0 Å². The van der Waals surface area contributed by atoms with Crippen molar-refractivity contribution in [2.75, 3.05) is 0 Å². The summed E-state index contributed by atoms with van der Waals surface area (Å²) in [5, 5.41) is -0.0664. The maximum absolute atomic E-state index is 13.2. The molecule has 0 spiro atoms. The van der Waals surface area contributed by atoms with Crippen LogP contribution in [0.25, 0.3) is 0 Å². The molecule has 2 nitrogen and oxygen atoms in total. The lowest BCUT2D eigenvalue weighted by molar-refractivity contribution is 0.0734. The van der Waals surface area contributed by atoms with Crippen molar-refractivity contribution in [3.8, 4) is 5.75 Å². The molecule has 3 rings (SSSR count). The SMILES string of the molecule is CCC1CCC(c2ccc(C(=O)Oc3ccc(F)c(Cl)c3)cc2)CC1. The number of rotatable bonds is 4. The highest BCUT2D eigenvalue weighted by molar-refractivity contribution is 6.30. The lowest BCUT2D eigenvalue weighted by Crippen LogP contribution is -2.13. The first-order valence-electron chi connectivity index (χ1n) is 8.84. The van der Waals surface area contributed by atoms with Crippen molar-refractivity contribution in [3.05, 3.63) is 64.4 Å². The maximum Gasteiger partial charge on any atom is 0.343 e. The van der Waals surface area contributed by atoms with Gasteiger partial charge in [-0.25, -0.2) is 9.18 Å². The van der Waals surface area contributed by atoms with Crippen LogP contribution in [0.3, 0.4) is 0 Å². The first-order chi connectivity index (χ1) is 12.1. The molecule has 0 unspecified atom stereocenters. The monoisotopic (exact) mass is 360 g/mol. The summed E-state index contributed by atoms with van der Waals surface area (Å²) in [4.78, 5) is 12.2. The van der Waals surface area contributed by atoms with Crippen LogP contribution in [-0.2, 0) is 0 Å². The highest BCUT2D eigenvalue weighted by Crippen LogP contribution is 2.37. The van der Waals surface area contributed by atoms with Gasteiger partial charge in [-0.05, 0) is 67.3 Å². The summed E-state index contributed by atoms with van der Waals surface area (Å²) in [6, 6.07) is 11.5. The van der Waals surface area contributed by atoms with Gasteiger partial charge >= 0.3 is 5.97 Å². The first kappa shape index (κ1) is 17.9. The lowest BCUT2D eigenvalue weighted by atomic mass is 9.78. The molecule has 0 saturated heterocycles. The molecule has 2 aromatic carbocycles. The van der Waals surface area contributed by atoms with Crippen molar-refractivity contribution < 1.29 is 13.9 Å². The van der Waals surface area contributed by atoms with Gasteiger partial charge in [0.1, 0.15) is 11.6 Å². The Labute approximate surface area is 153 Å². The number of hydrogen-bond donors (Lipinski definition) is 0. The topological polar surface area (TPSA) is 26.3 Å². The van der Waals surface area contributed by atoms with Crippen molar-refractivity contribution in [1.82, 2.24) is 0 Å². The quantitative estimate of drug-likeness (QED) is 0.467. The molecule has 0 N–H and O–H groups in total. The van der Waals surface area contributed by atoms with E-state index in [9.17, 15) is 9.18 Å². The van der Waals surface area contributed by atoms with Gasteiger partial charge in [0, 0.05) is 6.07 Å². The Kier molecular flexibility index (Phi) is 5.74. The molecular weight excluding hydrogens is 339 g/mol. The van der Waals surface area contributed by atoms with Gasteiger partial charge in [0.15, 0.2) is 0 Å². The van der Waals surface area contributed by atoms with Crippen molar-refractivity contribution in [2.45, 2.75) is 44.9 Å². The molecule has 4 heteroatoms. The summed E-state index contributed by atoms with van der Waals surface area (Å²) in [7, 11) is 0. The van der Waals surface area contributed by atoms with Gasteiger partial charge in [0.25, 0.3) is 0 Å². The summed E-state index contributed by atoms with van der Waals surface area (Å²) in [5.41, 5.74) is 1.77. The molecule has 0 aliphatic heterocycles. The Morgan fingerprint density at radius 3 is 2.40 bits per heavy atom. The molecule has 1 aliphatic carbocycles. The molecule has 2 aromatic rings. The zero-order chi connectivity index (χ0) is 17.8. The number of ether oxygens (including phenoxy) is 1. The Morgan fingerprint density at radius 2 is 1.80 bits per heavy atom. The fourth-order valence-corrected chi connectivity index (χ4v) is 3.67. The van der Waals surface area contributed by atoms with Crippen LogP contribution < -0.4 is 4.74 Å². The third-order valence-corrected chi connectivity index (χ3v) is 5.43. The van der Waals surface area contributed by atoms with Crippen LogP contribution in [0.4, 0.5) is 4.39 Å². The fraction of sp³-hybridized carbons (Fsp3) is 0.381. The Morgan fingerprint density at radius 1 is 1.12 bits per heavy atom. The third-order valence-electron chi connectivity index (χ3n) is 5.14. The van der Waals surface area contributed by atoms with E-state index >= 15 is 0 Å². The summed E-state index contributed by atoms with van der Waals surface area (Å²) in [5.74, 6) is 0.683. The zero-order valence-electron chi connectivity index (χ0n) is 14.3. The Balaban J connectivity index is 1.63. The average Bonchev–Trinajstić information content (AvgIpc) is 2.65. The van der Waals surface area contributed by atoms with E-state index in [-0.39, 0.29) is 10.8 Å². The molecule has 0 radical (unpaired) electrons. The molecule has 25 heavy (non-hydrogen) atoms. The van der Waals surface area contributed by atoms with E-state index in [0.29, 0.717) is 11.5 Å². The minimum absolute atomic E-state index is 0.0664. The predicted molar refractivity (Wildman–Crippen MR) is 97.8 cm³/mol. The molecule has 0 bridgehead atoms. The normalized spacial score (nSPS) is 20.3. The van der Waals surface area contributed by atoms with Crippen molar-refractivity contribution in [2.24, 2.45) is 5.92 Å². The molecule has 0 heterocycles. The maximum atomic E-state index is 13.2. The molecule has 1 aliphatic rings. The summed E-state index contributed by atoms with van der Waals surface area (Å²) in [6.07, 6.45) is 6.28. The second-order valence-electron chi connectivity index (χ2n) is 6.71. The van der Waals surface area contributed by atoms with Crippen LogP contribution in [0.15, 0.2) is 42.5 Å². The van der Waals surface area contributed by atoms with Gasteiger partial charge in [-0.3, -0.25) is 0 Å². The summed E-state index contributed by atoms with van der Waals surface area (Å²) >= 11 is 5.70. The van der Waals surface area contributed by atoms with Crippen LogP contribution in [0.1, 0.15) is 60.9 Å². The number of carbonyl (C=O) groups is 1. The van der Waals surface area contributed by atoms with Crippen LogP contribution in [-0.4, -0.2) is 5.97 Å². The van der Waals surface area contributed by atoms with Gasteiger partial charge in [0.05, 0.1) is 10.6 Å². The predicted octanol–water partition coefficient (Wildman–Crippen LogP) is 6.38. The van der Waals surface area contributed by atoms with Gasteiger partial charge in [-0.1, -0.05) is 37.1 Å². The smallest absolute Gasteiger partial charge is 0.343 e. The number of carbonyl (C=O) groups excluding carboxylic acids is 1. The van der Waals surface area contributed by atoms with Crippen LogP contribution in [0.5, 0.6) is 5.75 Å². The van der Waals surface area contributed by atoms with Gasteiger partial charge in [0.2, 0.25) is 0 Å². The number of esters is 1. The minimum Gasteiger partial charge on any atom is -0.423 e.